The van der Waals surface area contributed by atoms with Crippen molar-refractivity contribution in [2.24, 2.45) is 0 Å². The zero-order chi connectivity index (χ0) is 14.8. The third-order valence-corrected chi connectivity index (χ3v) is 4.12. The minimum absolute atomic E-state index is 0.00814. The number of benzene rings is 1. The van der Waals surface area contributed by atoms with E-state index >= 15 is 0 Å². The lowest BCUT2D eigenvalue weighted by Gasteiger charge is -2.38. The van der Waals surface area contributed by atoms with Crippen molar-refractivity contribution in [2.75, 3.05) is 13.1 Å². The van der Waals surface area contributed by atoms with E-state index in [-0.39, 0.29) is 12.0 Å². The van der Waals surface area contributed by atoms with Gasteiger partial charge in [-0.25, -0.2) is 0 Å². The number of nitriles is 1. The Morgan fingerprint density at radius 3 is 2.71 bits per heavy atom. The fourth-order valence-corrected chi connectivity index (χ4v) is 2.83. The Bertz CT molecular complexity index is 696. The zero-order valence-electron chi connectivity index (χ0n) is 11.4. The number of hydrogen-bond donors (Lipinski definition) is 0. The van der Waals surface area contributed by atoms with E-state index in [1.807, 2.05) is 6.92 Å². The van der Waals surface area contributed by atoms with Crippen molar-refractivity contribution in [3.8, 4) is 11.8 Å². The van der Waals surface area contributed by atoms with Gasteiger partial charge < -0.3 is 9.64 Å². The van der Waals surface area contributed by atoms with Crippen LogP contribution in [-0.2, 0) is 0 Å². The molecule has 1 aromatic carbocycles. The minimum Gasteiger partial charge on any atom is -0.487 e. The predicted octanol–water partition coefficient (Wildman–Crippen LogP) is 2.23. The Hall–Kier alpha value is -2.39. The Labute approximate surface area is 126 Å². The summed E-state index contributed by atoms with van der Waals surface area (Å²) < 4.78 is 9.88. The van der Waals surface area contributed by atoms with E-state index in [1.165, 1.54) is 11.5 Å². The summed E-state index contributed by atoms with van der Waals surface area (Å²) in [5.74, 6) is 0.736. The van der Waals surface area contributed by atoms with Crippen LogP contribution >= 0.6 is 11.5 Å². The van der Waals surface area contributed by atoms with Crippen molar-refractivity contribution in [1.29, 1.82) is 5.26 Å². The Kier molecular flexibility index (Phi) is 3.59. The van der Waals surface area contributed by atoms with Gasteiger partial charge in [0.05, 0.1) is 36.0 Å². The molecule has 0 unspecified atom stereocenters. The highest BCUT2D eigenvalue weighted by atomic mass is 32.1. The van der Waals surface area contributed by atoms with Gasteiger partial charge in [-0.2, -0.15) is 9.64 Å². The summed E-state index contributed by atoms with van der Waals surface area (Å²) in [6.45, 7) is 3.00. The molecule has 21 heavy (non-hydrogen) atoms. The van der Waals surface area contributed by atoms with Gasteiger partial charge in [-0.15, -0.1) is 0 Å². The Morgan fingerprint density at radius 2 is 2.14 bits per heavy atom. The molecule has 0 aliphatic carbocycles. The predicted molar refractivity (Wildman–Crippen MR) is 78.3 cm³/mol. The number of nitrogens with zero attached hydrogens (tertiary/aromatic N) is 3. The molecule has 2 aromatic rings. The highest BCUT2D eigenvalue weighted by molar-refractivity contribution is 7.03. The maximum Gasteiger partial charge on any atom is 0.256 e. The number of rotatable bonds is 3. The molecule has 0 N–H and O–H groups in total. The van der Waals surface area contributed by atoms with Crippen LogP contribution in [0.1, 0.15) is 21.6 Å². The molecular weight excluding hydrogens is 286 g/mol. The standard InChI is InChI=1S/C15H13N3O2S/c1-10-14(9-21-17-10)15(19)18-7-13(8-18)20-12-4-2-11(6-16)3-5-12/h2-5,9,13H,7-8H2,1H3. The van der Waals surface area contributed by atoms with Gasteiger partial charge in [0.15, 0.2) is 0 Å². The average molecular weight is 299 g/mol. The van der Waals surface area contributed by atoms with Crippen molar-refractivity contribution in [3.63, 3.8) is 0 Å². The van der Waals surface area contributed by atoms with E-state index in [2.05, 4.69) is 10.4 Å². The maximum absolute atomic E-state index is 12.2. The molecule has 6 heteroatoms. The molecule has 2 heterocycles. The summed E-state index contributed by atoms with van der Waals surface area (Å²) in [6.07, 6.45) is 0.00814. The number of likely N-dealkylation sites (tertiary alicyclic amines) is 1. The molecule has 0 saturated carbocycles. The number of ether oxygens (including phenoxy) is 1. The lowest BCUT2D eigenvalue weighted by atomic mass is 10.1. The number of aromatic nitrogens is 1. The van der Waals surface area contributed by atoms with Gasteiger partial charge in [0, 0.05) is 5.38 Å². The van der Waals surface area contributed by atoms with Crippen LogP contribution < -0.4 is 4.74 Å². The molecule has 3 rings (SSSR count). The number of carbonyl (C=O) groups excluding carboxylic acids is 1. The Balaban J connectivity index is 1.55. The molecule has 5 nitrogen and oxygen atoms in total. The molecule has 0 radical (unpaired) electrons. The molecule has 1 aliphatic heterocycles. The van der Waals surface area contributed by atoms with Crippen LogP contribution in [0.15, 0.2) is 29.6 Å². The first kappa shape index (κ1) is 13.6. The highest BCUT2D eigenvalue weighted by Gasteiger charge is 2.33. The molecule has 1 aromatic heterocycles. The van der Waals surface area contributed by atoms with E-state index in [1.54, 1.807) is 34.5 Å². The highest BCUT2D eigenvalue weighted by Crippen LogP contribution is 2.21. The third kappa shape index (κ3) is 2.73. The SMILES string of the molecule is Cc1nscc1C(=O)N1CC(Oc2ccc(C#N)cc2)C1. The molecule has 0 spiro atoms. The second-order valence-corrected chi connectivity index (χ2v) is 5.53. The molecule has 1 amide bonds. The lowest BCUT2D eigenvalue weighted by molar-refractivity contribution is 0.0177. The largest absolute Gasteiger partial charge is 0.487 e. The zero-order valence-corrected chi connectivity index (χ0v) is 12.3. The van der Waals surface area contributed by atoms with Crippen LogP contribution in [0.4, 0.5) is 0 Å². The summed E-state index contributed by atoms with van der Waals surface area (Å²) in [7, 11) is 0. The van der Waals surface area contributed by atoms with Crippen LogP contribution in [0, 0.1) is 18.3 Å². The van der Waals surface area contributed by atoms with Crippen LogP contribution in [0.2, 0.25) is 0 Å². The normalized spacial score (nSPS) is 14.4. The van der Waals surface area contributed by atoms with Crippen molar-refractivity contribution in [3.05, 3.63) is 46.5 Å². The van der Waals surface area contributed by atoms with Crippen molar-refractivity contribution in [2.45, 2.75) is 13.0 Å². The lowest BCUT2D eigenvalue weighted by Crippen LogP contribution is -2.56. The fourth-order valence-electron chi connectivity index (χ4n) is 2.15. The number of amides is 1. The van der Waals surface area contributed by atoms with E-state index in [0.717, 1.165) is 11.4 Å². The van der Waals surface area contributed by atoms with Gasteiger partial charge in [0.1, 0.15) is 11.9 Å². The first-order valence-electron chi connectivity index (χ1n) is 6.54. The van der Waals surface area contributed by atoms with Crippen molar-refractivity contribution in [1.82, 2.24) is 9.27 Å². The van der Waals surface area contributed by atoms with E-state index in [4.69, 9.17) is 10.00 Å². The van der Waals surface area contributed by atoms with E-state index in [0.29, 0.717) is 24.2 Å². The van der Waals surface area contributed by atoms with Crippen molar-refractivity contribution >= 4 is 17.4 Å². The summed E-state index contributed by atoms with van der Waals surface area (Å²) in [5.41, 5.74) is 2.06. The average Bonchev–Trinajstić information content (AvgIpc) is 2.88. The number of carbonyl (C=O) groups is 1. The van der Waals surface area contributed by atoms with Crippen LogP contribution in [0.5, 0.6) is 5.75 Å². The van der Waals surface area contributed by atoms with E-state index < -0.39 is 0 Å². The first-order chi connectivity index (χ1) is 10.2. The molecule has 106 valence electrons. The summed E-state index contributed by atoms with van der Waals surface area (Å²) in [4.78, 5) is 13.9. The number of hydrogen-bond acceptors (Lipinski definition) is 5. The molecule has 0 bridgehead atoms. The number of aryl methyl sites for hydroxylation is 1. The first-order valence-corrected chi connectivity index (χ1v) is 7.38. The van der Waals surface area contributed by atoms with Gasteiger partial charge in [-0.1, -0.05) is 0 Å². The summed E-state index contributed by atoms with van der Waals surface area (Å²) in [6, 6.07) is 9.05. The van der Waals surface area contributed by atoms with Gasteiger partial charge in [-0.05, 0) is 42.7 Å². The second kappa shape index (κ2) is 5.54. The van der Waals surface area contributed by atoms with Crippen LogP contribution in [0.3, 0.4) is 0 Å². The third-order valence-electron chi connectivity index (χ3n) is 3.40. The summed E-state index contributed by atoms with van der Waals surface area (Å²) in [5, 5.41) is 10.5. The van der Waals surface area contributed by atoms with Crippen LogP contribution in [0.25, 0.3) is 0 Å². The second-order valence-electron chi connectivity index (χ2n) is 4.90. The van der Waals surface area contributed by atoms with Crippen LogP contribution in [-0.4, -0.2) is 34.4 Å². The van der Waals surface area contributed by atoms with Gasteiger partial charge in [0.25, 0.3) is 5.91 Å². The van der Waals surface area contributed by atoms with Crippen molar-refractivity contribution < 1.29 is 9.53 Å². The molecule has 1 aliphatic rings. The fraction of sp³-hybridized carbons (Fsp3) is 0.267. The quantitative estimate of drug-likeness (QED) is 0.871. The topological polar surface area (TPSA) is 66.2 Å². The summed E-state index contributed by atoms with van der Waals surface area (Å²) >= 11 is 1.30. The van der Waals surface area contributed by atoms with Gasteiger partial charge in [0.2, 0.25) is 0 Å². The van der Waals surface area contributed by atoms with Gasteiger partial charge in [-0.3, -0.25) is 4.79 Å². The smallest absolute Gasteiger partial charge is 0.256 e. The molecule has 0 atom stereocenters. The molecule has 1 fully saturated rings. The molecular formula is C15H13N3O2S. The monoisotopic (exact) mass is 299 g/mol. The van der Waals surface area contributed by atoms with Gasteiger partial charge >= 0.3 is 0 Å². The van der Waals surface area contributed by atoms with E-state index in [9.17, 15) is 4.79 Å². The molecule has 1 saturated heterocycles. The minimum atomic E-state index is 0.00814. The maximum atomic E-state index is 12.2. The Morgan fingerprint density at radius 1 is 1.43 bits per heavy atom.